The highest BCUT2D eigenvalue weighted by molar-refractivity contribution is 5.87. The highest BCUT2D eigenvalue weighted by atomic mass is 16.4. The topological polar surface area (TPSA) is 57.6 Å². The second kappa shape index (κ2) is 7.51. The van der Waals surface area contributed by atoms with E-state index in [4.69, 9.17) is 5.11 Å². The average molecular weight is 337 g/mol. The van der Waals surface area contributed by atoms with Crippen LogP contribution in [0.2, 0.25) is 0 Å². The Morgan fingerprint density at radius 1 is 1.08 bits per heavy atom. The lowest BCUT2D eigenvalue weighted by atomic mass is 9.97. The lowest BCUT2D eigenvalue weighted by molar-refractivity contribution is -0.131. The van der Waals surface area contributed by atoms with Gasteiger partial charge in [-0.3, -0.25) is 4.79 Å². The summed E-state index contributed by atoms with van der Waals surface area (Å²) in [6.07, 6.45) is 2.10. The fourth-order valence-corrected chi connectivity index (χ4v) is 3.55. The summed E-state index contributed by atoms with van der Waals surface area (Å²) < 4.78 is 0. The zero-order chi connectivity index (χ0) is 17.8. The van der Waals surface area contributed by atoms with Gasteiger partial charge in [0.1, 0.15) is 0 Å². The smallest absolute Gasteiger partial charge is 0.335 e. The molecule has 130 valence electrons. The van der Waals surface area contributed by atoms with Crippen molar-refractivity contribution in [1.29, 1.82) is 0 Å². The van der Waals surface area contributed by atoms with Gasteiger partial charge in [0.15, 0.2) is 0 Å². The first kappa shape index (κ1) is 17.2. The zero-order valence-electron chi connectivity index (χ0n) is 14.4. The summed E-state index contributed by atoms with van der Waals surface area (Å²) in [4.78, 5) is 25.5. The molecular weight excluding hydrogens is 314 g/mol. The minimum atomic E-state index is -0.930. The van der Waals surface area contributed by atoms with Crippen LogP contribution in [-0.2, 0) is 11.2 Å². The van der Waals surface area contributed by atoms with Crippen LogP contribution in [0.1, 0.15) is 47.2 Å². The molecule has 1 saturated heterocycles. The molecule has 0 aliphatic carbocycles. The first-order valence-electron chi connectivity index (χ1n) is 8.71. The van der Waals surface area contributed by atoms with Crippen LogP contribution in [0.4, 0.5) is 0 Å². The lowest BCUT2D eigenvalue weighted by Gasteiger charge is -2.21. The van der Waals surface area contributed by atoms with E-state index in [0.29, 0.717) is 18.8 Å². The molecule has 1 amide bonds. The van der Waals surface area contributed by atoms with Gasteiger partial charge >= 0.3 is 5.97 Å². The first-order chi connectivity index (χ1) is 12.0. The van der Waals surface area contributed by atoms with Crippen molar-refractivity contribution in [1.82, 2.24) is 4.90 Å². The number of amides is 1. The molecule has 4 heteroatoms. The molecule has 2 atom stereocenters. The van der Waals surface area contributed by atoms with Crippen molar-refractivity contribution >= 4 is 11.9 Å². The van der Waals surface area contributed by atoms with Gasteiger partial charge in [0.2, 0.25) is 5.91 Å². The third-order valence-corrected chi connectivity index (χ3v) is 4.99. The number of carboxylic acids is 1. The van der Waals surface area contributed by atoms with E-state index in [1.165, 1.54) is 5.56 Å². The van der Waals surface area contributed by atoms with Crippen molar-refractivity contribution in [2.45, 2.75) is 38.1 Å². The van der Waals surface area contributed by atoms with Gasteiger partial charge in [-0.25, -0.2) is 4.79 Å². The van der Waals surface area contributed by atoms with Crippen LogP contribution in [-0.4, -0.2) is 34.5 Å². The van der Waals surface area contributed by atoms with Crippen molar-refractivity contribution in [2.24, 2.45) is 0 Å². The number of likely N-dealkylation sites (tertiary alicyclic amines) is 1. The molecule has 0 radical (unpaired) electrons. The minimum absolute atomic E-state index is 0.174. The van der Waals surface area contributed by atoms with Crippen LogP contribution in [0.3, 0.4) is 0 Å². The Kier molecular flexibility index (Phi) is 5.17. The van der Waals surface area contributed by atoms with Crippen LogP contribution in [0.25, 0.3) is 0 Å². The predicted molar refractivity (Wildman–Crippen MR) is 96.7 cm³/mol. The Hall–Kier alpha value is -2.62. The van der Waals surface area contributed by atoms with Crippen LogP contribution < -0.4 is 0 Å². The number of aromatic carboxylic acids is 1. The normalized spacial score (nSPS) is 19.8. The number of benzene rings is 2. The summed E-state index contributed by atoms with van der Waals surface area (Å²) in [7, 11) is 0. The molecule has 0 bridgehead atoms. The molecule has 25 heavy (non-hydrogen) atoms. The maximum atomic E-state index is 12.6. The van der Waals surface area contributed by atoms with Crippen LogP contribution >= 0.6 is 0 Å². The van der Waals surface area contributed by atoms with E-state index in [2.05, 4.69) is 19.1 Å². The molecule has 2 aromatic carbocycles. The summed E-state index contributed by atoms with van der Waals surface area (Å²) in [6, 6.07) is 17.4. The van der Waals surface area contributed by atoms with Gasteiger partial charge in [-0.2, -0.15) is 0 Å². The fraction of sp³-hybridized carbons (Fsp3) is 0.333. The predicted octanol–water partition coefficient (Wildman–Crippen LogP) is 3.72. The maximum absolute atomic E-state index is 12.6. The molecule has 4 nitrogen and oxygen atoms in total. The summed E-state index contributed by atoms with van der Waals surface area (Å²) in [5.74, 6) is -0.344. The lowest BCUT2D eigenvalue weighted by Crippen LogP contribution is -2.34. The summed E-state index contributed by atoms with van der Waals surface area (Å²) >= 11 is 0. The van der Waals surface area contributed by atoms with E-state index >= 15 is 0 Å². The summed E-state index contributed by atoms with van der Waals surface area (Å²) in [6.45, 7) is 2.89. The van der Waals surface area contributed by atoms with Crippen LogP contribution in [0.5, 0.6) is 0 Å². The standard InChI is InChI=1S/C21H23NO3/c1-15-13-19(17-5-3-2-4-6-17)14-22(15)20(23)12-9-16-7-10-18(11-8-16)21(24)25/h2-8,10-11,15,19H,9,12-14H2,1H3,(H,24,25). The van der Waals surface area contributed by atoms with Crippen molar-refractivity contribution in [3.63, 3.8) is 0 Å². The molecule has 1 N–H and O–H groups in total. The second-order valence-corrected chi connectivity index (χ2v) is 6.74. The van der Waals surface area contributed by atoms with Gasteiger partial charge in [-0.1, -0.05) is 42.5 Å². The molecule has 0 saturated carbocycles. The van der Waals surface area contributed by atoms with E-state index in [1.54, 1.807) is 24.3 Å². The Morgan fingerprint density at radius 3 is 2.40 bits per heavy atom. The van der Waals surface area contributed by atoms with E-state index in [1.807, 2.05) is 23.1 Å². The molecule has 2 unspecified atom stereocenters. The Balaban J connectivity index is 1.57. The molecular formula is C21H23NO3. The Morgan fingerprint density at radius 2 is 1.76 bits per heavy atom. The quantitative estimate of drug-likeness (QED) is 0.904. The van der Waals surface area contributed by atoms with Gasteiger partial charge in [0.05, 0.1) is 5.56 Å². The molecule has 1 fully saturated rings. The molecule has 1 aliphatic rings. The molecule has 1 heterocycles. The number of aryl methyl sites for hydroxylation is 1. The number of hydrogen-bond acceptors (Lipinski definition) is 2. The van der Waals surface area contributed by atoms with Crippen molar-refractivity contribution < 1.29 is 14.7 Å². The van der Waals surface area contributed by atoms with E-state index in [0.717, 1.165) is 18.5 Å². The zero-order valence-corrected chi connectivity index (χ0v) is 14.4. The average Bonchev–Trinajstić information content (AvgIpc) is 3.02. The van der Waals surface area contributed by atoms with Crippen molar-refractivity contribution in [2.75, 3.05) is 6.54 Å². The SMILES string of the molecule is CC1CC(c2ccccc2)CN1C(=O)CCc1ccc(C(=O)O)cc1. The molecule has 3 rings (SSSR count). The highest BCUT2D eigenvalue weighted by Gasteiger charge is 2.32. The summed E-state index contributed by atoms with van der Waals surface area (Å²) in [5, 5.41) is 8.92. The highest BCUT2D eigenvalue weighted by Crippen LogP contribution is 2.31. The number of carbonyl (C=O) groups excluding carboxylic acids is 1. The minimum Gasteiger partial charge on any atom is -0.478 e. The Bertz CT molecular complexity index is 739. The molecule has 0 aromatic heterocycles. The second-order valence-electron chi connectivity index (χ2n) is 6.74. The number of hydrogen-bond donors (Lipinski definition) is 1. The van der Waals surface area contributed by atoms with E-state index < -0.39 is 5.97 Å². The number of nitrogens with zero attached hydrogens (tertiary/aromatic N) is 1. The third kappa shape index (κ3) is 4.08. The van der Waals surface area contributed by atoms with Gasteiger partial charge < -0.3 is 10.0 Å². The Labute approximate surface area is 148 Å². The van der Waals surface area contributed by atoms with Crippen molar-refractivity contribution in [3.8, 4) is 0 Å². The fourth-order valence-electron chi connectivity index (χ4n) is 3.55. The van der Waals surface area contributed by atoms with Crippen LogP contribution in [0.15, 0.2) is 54.6 Å². The number of rotatable bonds is 5. The summed E-state index contributed by atoms with van der Waals surface area (Å²) in [5.41, 5.74) is 2.56. The molecule has 0 spiro atoms. The van der Waals surface area contributed by atoms with Crippen LogP contribution in [0, 0.1) is 0 Å². The monoisotopic (exact) mass is 337 g/mol. The number of carboxylic acid groups (broad SMARTS) is 1. The van der Waals surface area contributed by atoms with Gasteiger partial charge in [-0.05, 0) is 43.0 Å². The van der Waals surface area contributed by atoms with E-state index in [-0.39, 0.29) is 17.5 Å². The van der Waals surface area contributed by atoms with E-state index in [9.17, 15) is 9.59 Å². The third-order valence-electron chi connectivity index (χ3n) is 4.99. The van der Waals surface area contributed by atoms with Gasteiger partial charge in [-0.15, -0.1) is 0 Å². The van der Waals surface area contributed by atoms with Gasteiger partial charge in [0, 0.05) is 24.9 Å². The number of carbonyl (C=O) groups is 2. The maximum Gasteiger partial charge on any atom is 0.335 e. The molecule has 2 aromatic rings. The first-order valence-corrected chi connectivity index (χ1v) is 8.71. The molecule has 1 aliphatic heterocycles. The largest absolute Gasteiger partial charge is 0.478 e. The van der Waals surface area contributed by atoms with Gasteiger partial charge in [0.25, 0.3) is 0 Å². The van der Waals surface area contributed by atoms with Crippen molar-refractivity contribution in [3.05, 3.63) is 71.3 Å².